The summed E-state index contributed by atoms with van der Waals surface area (Å²) in [7, 11) is 0. The molecule has 0 spiro atoms. The maximum Gasteiger partial charge on any atom is 0.233 e. The number of Topliss-reactive ketones (excluding diaryl/α,β-unsaturated/α-hetero) is 1. The van der Waals surface area contributed by atoms with Gasteiger partial charge >= 0.3 is 0 Å². The molecule has 1 aliphatic heterocycles. The average Bonchev–Trinajstić information content (AvgIpc) is 3.07. The minimum Gasteiger partial charge on any atom is -0.338 e. The molecule has 1 aromatic heterocycles. The second-order valence-electron chi connectivity index (χ2n) is 7.46. The topological polar surface area (TPSA) is 55.1 Å². The van der Waals surface area contributed by atoms with Gasteiger partial charge in [0.05, 0.1) is 11.3 Å². The van der Waals surface area contributed by atoms with Gasteiger partial charge in [-0.15, -0.1) is 0 Å². The number of allylic oxidation sites excluding steroid dienone is 2. The summed E-state index contributed by atoms with van der Waals surface area (Å²) < 4.78 is 5.55. The number of benzene rings is 2. The van der Waals surface area contributed by atoms with Crippen LogP contribution in [0.2, 0.25) is 5.02 Å². The maximum atomic E-state index is 13.3. The number of nitrogens with zero attached hydrogens (tertiary/aromatic N) is 1. The molecular formula is C23H19ClN2O2. The molecule has 1 aliphatic carbocycles. The summed E-state index contributed by atoms with van der Waals surface area (Å²) in [6.07, 6.45) is 1.27. The molecular weight excluding hydrogens is 372 g/mol. The second-order valence-corrected chi connectivity index (χ2v) is 7.89. The second kappa shape index (κ2) is 6.64. The Morgan fingerprint density at radius 3 is 2.64 bits per heavy atom. The fraction of sp³-hybridized carbons (Fsp3) is 0.217. The quantitative estimate of drug-likeness (QED) is 0.619. The summed E-state index contributed by atoms with van der Waals surface area (Å²) in [5, 5.41) is 8.16. The van der Waals surface area contributed by atoms with E-state index in [2.05, 4.69) is 22.6 Å². The highest BCUT2D eigenvalue weighted by Gasteiger charge is 2.41. The van der Waals surface area contributed by atoms with Gasteiger partial charge in [0, 0.05) is 28.6 Å². The van der Waals surface area contributed by atoms with Crippen molar-refractivity contribution in [3.05, 3.63) is 93.3 Å². The van der Waals surface area contributed by atoms with Crippen LogP contribution in [-0.4, -0.2) is 10.9 Å². The molecule has 1 N–H and O–H groups in total. The van der Waals surface area contributed by atoms with Crippen molar-refractivity contribution in [3.63, 3.8) is 0 Å². The van der Waals surface area contributed by atoms with Gasteiger partial charge in [-0.05, 0) is 42.5 Å². The molecule has 0 amide bonds. The van der Waals surface area contributed by atoms with Crippen molar-refractivity contribution in [1.29, 1.82) is 0 Å². The van der Waals surface area contributed by atoms with Crippen molar-refractivity contribution in [1.82, 2.24) is 5.16 Å². The Morgan fingerprint density at radius 2 is 1.86 bits per heavy atom. The first-order chi connectivity index (χ1) is 13.6. The van der Waals surface area contributed by atoms with E-state index in [4.69, 9.17) is 16.1 Å². The van der Waals surface area contributed by atoms with E-state index in [1.165, 1.54) is 5.56 Å². The van der Waals surface area contributed by atoms with E-state index < -0.39 is 0 Å². The largest absolute Gasteiger partial charge is 0.338 e. The van der Waals surface area contributed by atoms with Gasteiger partial charge in [-0.2, -0.15) is 0 Å². The zero-order chi connectivity index (χ0) is 19.3. The number of anilines is 1. The molecule has 0 bridgehead atoms. The molecule has 0 saturated carbocycles. The fourth-order valence-corrected chi connectivity index (χ4v) is 4.65. The molecule has 140 valence electrons. The van der Waals surface area contributed by atoms with Crippen LogP contribution in [0.5, 0.6) is 0 Å². The monoisotopic (exact) mass is 390 g/mol. The molecule has 4 nitrogen and oxygen atoms in total. The number of hydrogen-bond acceptors (Lipinski definition) is 4. The van der Waals surface area contributed by atoms with Crippen LogP contribution in [0.1, 0.15) is 47.1 Å². The summed E-state index contributed by atoms with van der Waals surface area (Å²) >= 11 is 6.26. The lowest BCUT2D eigenvalue weighted by atomic mass is 9.72. The molecule has 2 heterocycles. The van der Waals surface area contributed by atoms with E-state index in [9.17, 15) is 4.79 Å². The van der Waals surface area contributed by atoms with Gasteiger partial charge < -0.3 is 9.84 Å². The highest BCUT2D eigenvalue weighted by atomic mass is 35.5. The normalized spacial score (nSPS) is 21.1. The zero-order valence-corrected chi connectivity index (χ0v) is 16.2. The van der Waals surface area contributed by atoms with Crippen molar-refractivity contribution < 1.29 is 9.32 Å². The van der Waals surface area contributed by atoms with Crippen LogP contribution in [-0.2, 0) is 4.79 Å². The Labute approximate surface area is 168 Å². The number of ketones is 1. The van der Waals surface area contributed by atoms with E-state index >= 15 is 0 Å². The number of hydrogen-bond donors (Lipinski definition) is 1. The van der Waals surface area contributed by atoms with Crippen LogP contribution < -0.4 is 5.32 Å². The third kappa shape index (κ3) is 2.76. The summed E-state index contributed by atoms with van der Waals surface area (Å²) in [6, 6.07) is 17.9. The number of carbonyl (C=O) groups is 1. The number of aryl methyl sites for hydroxylation is 1. The van der Waals surface area contributed by atoms with Gasteiger partial charge in [0.15, 0.2) is 5.78 Å². The summed E-state index contributed by atoms with van der Waals surface area (Å²) in [6.45, 7) is 1.91. The fourth-order valence-electron chi connectivity index (χ4n) is 4.45. The first-order valence-corrected chi connectivity index (χ1v) is 9.79. The van der Waals surface area contributed by atoms with E-state index in [0.717, 1.165) is 34.5 Å². The first-order valence-electron chi connectivity index (χ1n) is 9.41. The smallest absolute Gasteiger partial charge is 0.233 e. The Hall–Kier alpha value is -2.85. The number of fused-ring (bicyclic) bond motifs is 1. The molecule has 5 heteroatoms. The molecule has 0 radical (unpaired) electrons. The summed E-state index contributed by atoms with van der Waals surface area (Å²) in [5.41, 5.74) is 5.63. The Morgan fingerprint density at radius 1 is 1.07 bits per heavy atom. The zero-order valence-electron chi connectivity index (χ0n) is 15.4. The van der Waals surface area contributed by atoms with E-state index in [1.807, 2.05) is 49.4 Å². The van der Waals surface area contributed by atoms with Gasteiger partial charge in [0.25, 0.3) is 0 Å². The lowest BCUT2D eigenvalue weighted by molar-refractivity contribution is -0.116. The highest BCUT2D eigenvalue weighted by molar-refractivity contribution is 6.30. The van der Waals surface area contributed by atoms with Crippen molar-refractivity contribution in [2.24, 2.45) is 0 Å². The summed E-state index contributed by atoms with van der Waals surface area (Å²) in [5.74, 6) is 0.743. The lowest BCUT2D eigenvalue weighted by Crippen LogP contribution is -2.29. The molecule has 2 unspecified atom stereocenters. The van der Waals surface area contributed by atoms with Crippen molar-refractivity contribution in [2.75, 3.05) is 5.32 Å². The minimum atomic E-state index is -0.208. The maximum absolute atomic E-state index is 13.3. The highest BCUT2D eigenvalue weighted by Crippen LogP contribution is 2.49. The third-order valence-electron chi connectivity index (χ3n) is 5.71. The van der Waals surface area contributed by atoms with Crippen molar-refractivity contribution in [2.45, 2.75) is 31.6 Å². The van der Waals surface area contributed by atoms with Crippen LogP contribution in [0.25, 0.3) is 0 Å². The van der Waals surface area contributed by atoms with Crippen LogP contribution in [0.4, 0.5) is 5.88 Å². The van der Waals surface area contributed by atoms with Crippen LogP contribution in [0, 0.1) is 6.92 Å². The summed E-state index contributed by atoms with van der Waals surface area (Å²) in [4.78, 5) is 13.3. The van der Waals surface area contributed by atoms with Crippen LogP contribution in [0.3, 0.4) is 0 Å². The number of nitrogens with one attached hydrogen (secondary N) is 1. The number of carbonyl (C=O) groups excluding carboxylic acids is 1. The van der Waals surface area contributed by atoms with Crippen molar-refractivity contribution in [3.8, 4) is 0 Å². The van der Waals surface area contributed by atoms with Gasteiger partial charge in [-0.3, -0.25) is 4.79 Å². The van der Waals surface area contributed by atoms with Gasteiger partial charge in [-0.1, -0.05) is 59.2 Å². The molecule has 2 aromatic carbocycles. The molecule has 2 aliphatic rings. The molecule has 0 saturated heterocycles. The van der Waals surface area contributed by atoms with Gasteiger partial charge in [0.2, 0.25) is 5.88 Å². The number of aromatic nitrogens is 1. The van der Waals surface area contributed by atoms with E-state index in [0.29, 0.717) is 17.3 Å². The Bertz CT molecular complexity index is 1100. The Balaban J connectivity index is 1.64. The predicted molar refractivity (Wildman–Crippen MR) is 109 cm³/mol. The predicted octanol–water partition coefficient (Wildman–Crippen LogP) is 5.59. The van der Waals surface area contributed by atoms with Crippen LogP contribution >= 0.6 is 11.6 Å². The number of halogens is 1. The SMILES string of the molecule is Cc1noc2c1C(c1cccc(Cl)c1)C1=C(CC(c3ccccc3)CC1=O)N2. The minimum absolute atomic E-state index is 0.158. The lowest BCUT2D eigenvalue weighted by Gasteiger charge is -2.34. The first kappa shape index (κ1) is 17.3. The molecule has 5 rings (SSSR count). The van der Waals surface area contributed by atoms with Crippen LogP contribution in [0.15, 0.2) is 70.4 Å². The molecule has 28 heavy (non-hydrogen) atoms. The Kier molecular flexibility index (Phi) is 4.09. The van der Waals surface area contributed by atoms with Gasteiger partial charge in [0.1, 0.15) is 0 Å². The third-order valence-corrected chi connectivity index (χ3v) is 5.95. The molecule has 2 atom stereocenters. The van der Waals surface area contributed by atoms with Gasteiger partial charge in [-0.25, -0.2) is 0 Å². The molecule has 0 fully saturated rings. The average molecular weight is 391 g/mol. The number of rotatable bonds is 2. The van der Waals surface area contributed by atoms with E-state index in [-0.39, 0.29) is 17.6 Å². The van der Waals surface area contributed by atoms with E-state index in [1.54, 1.807) is 0 Å². The van der Waals surface area contributed by atoms with Crippen molar-refractivity contribution >= 4 is 23.3 Å². The standard InChI is InChI=1S/C23H19ClN2O2/c1-13-20-21(15-8-5-9-17(24)10-15)22-18(25-23(20)28-26-13)11-16(12-19(22)27)14-6-3-2-4-7-14/h2-10,16,21,25H,11-12H2,1H3. The molecule has 3 aromatic rings.